The maximum atomic E-state index is 7.11. The van der Waals surface area contributed by atoms with Gasteiger partial charge in [0.15, 0.2) is 0 Å². The summed E-state index contributed by atoms with van der Waals surface area (Å²) in [7, 11) is 0. The van der Waals surface area contributed by atoms with Crippen LogP contribution in [0.25, 0.3) is 11.1 Å². The largest absolute Gasteiger partial charge is 0.457 e. The average Bonchev–Trinajstić information content (AvgIpc) is 3.81. The quantitative estimate of drug-likeness (QED) is 0.137. The highest BCUT2D eigenvalue weighted by Gasteiger charge is 2.47. The second kappa shape index (κ2) is 17.4. The third kappa shape index (κ3) is 7.67. The molecule has 0 radical (unpaired) electrons. The predicted octanol–water partition coefficient (Wildman–Crippen LogP) is 16.5. The van der Waals surface area contributed by atoms with Crippen molar-refractivity contribution in [3.8, 4) is 22.6 Å². The maximum Gasteiger partial charge on any atom is 0.129 e. The van der Waals surface area contributed by atoms with Gasteiger partial charge in [0.05, 0.1) is 29.2 Å². The van der Waals surface area contributed by atoms with Gasteiger partial charge in [0.25, 0.3) is 0 Å². The number of pyridine rings is 1. The van der Waals surface area contributed by atoms with Crippen LogP contribution in [0.5, 0.6) is 11.5 Å². The van der Waals surface area contributed by atoms with Gasteiger partial charge in [0, 0.05) is 40.9 Å². The fourth-order valence-corrected chi connectivity index (χ4v) is 11.1. The molecule has 0 spiro atoms. The first-order valence-electron chi connectivity index (χ1n) is 24.8. The zero-order valence-corrected chi connectivity index (χ0v) is 41.4. The molecule has 1 aliphatic heterocycles. The number of hydrogen-bond acceptors (Lipinski definition) is 4. The lowest BCUT2D eigenvalue weighted by atomic mass is 9.70. The number of allylic oxidation sites excluding steroid dienone is 5. The molecule has 0 saturated heterocycles. The molecule has 0 bridgehead atoms. The Morgan fingerprint density at radius 1 is 0.486 bits per heavy atom. The molecule has 11 rings (SSSR count). The van der Waals surface area contributed by atoms with E-state index >= 15 is 0 Å². The van der Waals surface area contributed by atoms with E-state index in [0.717, 1.165) is 34.9 Å². The van der Waals surface area contributed by atoms with Crippen LogP contribution in [0, 0.1) is 0 Å². The van der Waals surface area contributed by atoms with Crippen LogP contribution >= 0.6 is 0 Å². The van der Waals surface area contributed by atoms with Crippen molar-refractivity contribution in [2.75, 3.05) is 16.5 Å². The van der Waals surface area contributed by atoms with E-state index in [1.54, 1.807) is 0 Å². The van der Waals surface area contributed by atoms with Gasteiger partial charge in [-0.1, -0.05) is 200 Å². The number of benzene rings is 7. The van der Waals surface area contributed by atoms with Gasteiger partial charge in [-0.15, -0.1) is 0 Å². The fourth-order valence-electron chi connectivity index (χ4n) is 11.1. The van der Waals surface area contributed by atoms with Crippen molar-refractivity contribution in [2.45, 2.75) is 76.5 Å². The summed E-state index contributed by atoms with van der Waals surface area (Å²) in [6.07, 6.45) is 10.1. The van der Waals surface area contributed by atoms with Gasteiger partial charge in [-0.2, -0.15) is 0 Å². The molecule has 70 heavy (non-hydrogen) atoms. The third-order valence-electron chi connectivity index (χ3n) is 15.3. The molecule has 3 aliphatic rings. The molecular weight excluding hydrogens is 851 g/mol. The van der Waals surface area contributed by atoms with Crippen molar-refractivity contribution in [1.82, 2.24) is 4.98 Å². The number of para-hydroxylation sites is 2. The minimum Gasteiger partial charge on any atom is -0.457 e. The predicted molar refractivity (Wildman–Crippen MR) is 290 cm³/mol. The van der Waals surface area contributed by atoms with E-state index in [0.29, 0.717) is 6.67 Å². The van der Waals surface area contributed by atoms with Gasteiger partial charge in [-0.05, 0) is 116 Å². The molecule has 2 aliphatic carbocycles. The van der Waals surface area contributed by atoms with E-state index < -0.39 is 5.41 Å². The van der Waals surface area contributed by atoms with Gasteiger partial charge in [0.1, 0.15) is 11.5 Å². The second-order valence-electron chi connectivity index (χ2n) is 21.2. The number of anilines is 3. The van der Waals surface area contributed by atoms with Crippen LogP contribution in [0.2, 0.25) is 0 Å². The van der Waals surface area contributed by atoms with E-state index in [9.17, 15) is 0 Å². The Hall–Kier alpha value is -7.69. The third-order valence-corrected chi connectivity index (χ3v) is 15.3. The molecule has 0 amide bonds. The molecule has 8 aromatic rings. The lowest BCUT2D eigenvalue weighted by Crippen LogP contribution is -2.29. The topological polar surface area (TPSA) is 28.6 Å². The summed E-state index contributed by atoms with van der Waals surface area (Å²) in [5.41, 5.74) is 16.9. The number of hydrogen-bond donors (Lipinski definition) is 0. The highest BCUT2D eigenvalue weighted by molar-refractivity contribution is 5.87. The molecule has 0 N–H and O–H groups in total. The van der Waals surface area contributed by atoms with E-state index in [-0.39, 0.29) is 16.2 Å². The molecule has 0 unspecified atom stereocenters. The second-order valence-corrected chi connectivity index (χ2v) is 21.2. The van der Waals surface area contributed by atoms with Crippen molar-refractivity contribution in [2.24, 2.45) is 0 Å². The van der Waals surface area contributed by atoms with Crippen LogP contribution in [0.3, 0.4) is 0 Å². The van der Waals surface area contributed by atoms with E-state index in [1.165, 1.54) is 67.2 Å². The van der Waals surface area contributed by atoms with Crippen molar-refractivity contribution < 1.29 is 4.74 Å². The van der Waals surface area contributed by atoms with Crippen LogP contribution in [0.1, 0.15) is 94.0 Å². The first kappa shape index (κ1) is 44.8. The van der Waals surface area contributed by atoms with Crippen LogP contribution in [0.15, 0.2) is 235 Å². The lowest BCUT2D eigenvalue weighted by molar-refractivity contribution is 0.477. The zero-order chi connectivity index (χ0) is 48.3. The van der Waals surface area contributed by atoms with E-state index in [1.807, 2.05) is 12.3 Å². The Bertz CT molecular complexity index is 3290. The molecule has 0 fully saturated rings. The number of nitrogens with zero attached hydrogens (tertiary/aromatic N) is 3. The Morgan fingerprint density at radius 2 is 1.07 bits per heavy atom. The molecule has 1 aromatic heterocycles. The summed E-state index contributed by atoms with van der Waals surface area (Å²) >= 11 is 0. The fraction of sp³-hybridized carbons (Fsp3) is 0.197. The summed E-state index contributed by atoms with van der Waals surface area (Å²) in [5.74, 6) is 1.58. The Morgan fingerprint density at radius 3 is 1.70 bits per heavy atom. The summed E-state index contributed by atoms with van der Waals surface area (Å²) in [4.78, 5) is 10.1. The smallest absolute Gasteiger partial charge is 0.129 e. The van der Waals surface area contributed by atoms with Crippen molar-refractivity contribution in [3.05, 3.63) is 274 Å². The molecule has 7 aromatic carbocycles. The molecule has 0 saturated carbocycles. The Kier molecular flexibility index (Phi) is 11.1. The minimum atomic E-state index is -0.625. The number of fused-ring (bicyclic) bond motifs is 4. The summed E-state index contributed by atoms with van der Waals surface area (Å²) in [6, 6.07) is 70.1. The highest BCUT2D eigenvalue weighted by Crippen LogP contribution is 2.56. The Balaban J connectivity index is 0.985. The number of rotatable bonds is 10. The molecule has 346 valence electrons. The first-order valence-corrected chi connectivity index (χ1v) is 24.8. The standard InChI is InChI=1S/C66H61N3O/c1-63(2,3)50-40-53(44-55(43-50)70-54-28-22-27-49(42-54)66(62-35-20-21-38-67-62)58-31-16-14-29-56(58)57-30-15-17-32-59(57)66)69-45-68(60-33-18-19-34-61(60)69)52-37-36-48(64(4,5)46-23-10-8-11-24-46)39-51(41-52)65(6,7)47-25-12-9-13-26-47/h8-36,38-44H,37,45H2,1-7H3. The number of aromatic nitrogens is 1. The zero-order valence-electron chi connectivity index (χ0n) is 41.4. The lowest BCUT2D eigenvalue weighted by Gasteiger charge is -2.32. The van der Waals surface area contributed by atoms with Gasteiger partial charge in [-0.3, -0.25) is 4.98 Å². The van der Waals surface area contributed by atoms with Crippen LogP contribution in [0.4, 0.5) is 17.1 Å². The molecule has 4 heteroatoms. The normalized spacial score (nSPS) is 15.3. The van der Waals surface area contributed by atoms with Gasteiger partial charge in [0.2, 0.25) is 0 Å². The van der Waals surface area contributed by atoms with E-state index in [2.05, 4.69) is 265 Å². The molecule has 0 atom stereocenters. The van der Waals surface area contributed by atoms with Crippen LogP contribution < -0.4 is 14.5 Å². The van der Waals surface area contributed by atoms with Crippen molar-refractivity contribution in [3.63, 3.8) is 0 Å². The first-order chi connectivity index (χ1) is 33.8. The number of ether oxygens (including phenoxy) is 1. The summed E-state index contributed by atoms with van der Waals surface area (Å²) in [5, 5.41) is 0. The maximum absolute atomic E-state index is 7.11. The molecular formula is C66H61N3O. The van der Waals surface area contributed by atoms with Gasteiger partial charge < -0.3 is 14.5 Å². The van der Waals surface area contributed by atoms with Crippen LogP contribution in [-0.2, 0) is 21.7 Å². The van der Waals surface area contributed by atoms with Crippen LogP contribution in [-0.4, -0.2) is 11.7 Å². The van der Waals surface area contributed by atoms with Gasteiger partial charge in [-0.25, -0.2) is 0 Å². The molecule has 2 heterocycles. The van der Waals surface area contributed by atoms with Crippen molar-refractivity contribution in [1.29, 1.82) is 0 Å². The van der Waals surface area contributed by atoms with E-state index in [4.69, 9.17) is 9.72 Å². The molecule has 4 nitrogen and oxygen atoms in total. The van der Waals surface area contributed by atoms with Crippen molar-refractivity contribution >= 4 is 17.1 Å². The Labute approximate surface area is 415 Å². The summed E-state index contributed by atoms with van der Waals surface area (Å²) < 4.78 is 7.11. The van der Waals surface area contributed by atoms with Gasteiger partial charge >= 0.3 is 0 Å². The highest BCUT2D eigenvalue weighted by atomic mass is 16.5. The SMILES string of the molecule is CC(C)(C)c1cc(Oc2cccc(C3(c4ccccn4)c4ccccc4-c4ccccc43)c2)cc(N2CN(C3=CC(C(C)(C)c4ccccc4)=CC(C(C)(C)c4ccccc4)=CC3)c3ccccc32)c1. The summed E-state index contributed by atoms with van der Waals surface area (Å²) in [6.45, 7) is 17.0. The minimum absolute atomic E-state index is 0.144. The monoisotopic (exact) mass is 911 g/mol. The average molecular weight is 912 g/mol.